The van der Waals surface area contributed by atoms with E-state index < -0.39 is 17.8 Å². The van der Waals surface area contributed by atoms with E-state index in [4.69, 9.17) is 11.6 Å². The zero-order valence-corrected chi connectivity index (χ0v) is 15.1. The van der Waals surface area contributed by atoms with Crippen LogP contribution in [0.2, 0.25) is 5.02 Å². The molecule has 0 aliphatic rings. The highest BCUT2D eigenvalue weighted by atomic mass is 79.9. The van der Waals surface area contributed by atoms with Crippen molar-refractivity contribution in [3.05, 3.63) is 57.9 Å². The number of pyridine rings is 1. The Kier molecular flexibility index (Phi) is 5.84. The van der Waals surface area contributed by atoms with E-state index in [0.717, 1.165) is 12.1 Å². The monoisotopic (exact) mass is 434 g/mol. The maximum absolute atomic E-state index is 12.6. The molecule has 0 saturated carbocycles. The lowest BCUT2D eigenvalue weighted by Gasteiger charge is -2.11. The average Bonchev–Trinajstić information content (AvgIpc) is 2.54. The summed E-state index contributed by atoms with van der Waals surface area (Å²) in [6.07, 6.45) is -4.58. The molecule has 0 unspecified atom stereocenters. The van der Waals surface area contributed by atoms with Crippen molar-refractivity contribution in [2.75, 3.05) is 10.6 Å². The number of nitrogens with one attached hydrogen (secondary N) is 1. The Bertz CT molecular complexity index is 841. The fraction of sp³-hybridized carbons (Fsp3) is 0.188. The van der Waals surface area contributed by atoms with Crippen LogP contribution in [0, 0.1) is 6.92 Å². The second-order valence-corrected chi connectivity index (χ2v) is 6.00. The number of benzene rings is 1. The second-order valence-electron chi connectivity index (χ2n) is 5.03. The zero-order chi connectivity index (χ0) is 18.8. The summed E-state index contributed by atoms with van der Waals surface area (Å²) < 4.78 is 37.9. The van der Waals surface area contributed by atoms with Crippen molar-refractivity contribution in [3.8, 4) is 0 Å². The lowest BCUT2D eigenvalue weighted by molar-refractivity contribution is -0.141. The number of carbonyl (C=O) groups is 2. The van der Waals surface area contributed by atoms with Crippen LogP contribution in [0.1, 0.15) is 32.1 Å². The summed E-state index contributed by atoms with van der Waals surface area (Å²) in [6, 6.07) is 6.13. The fourth-order valence-corrected chi connectivity index (χ4v) is 2.57. The quantitative estimate of drug-likeness (QED) is 0.549. The summed E-state index contributed by atoms with van der Waals surface area (Å²) >= 11 is 8.97. The Hall–Kier alpha value is -1.93. The number of amides is 1. The third kappa shape index (κ3) is 4.58. The van der Waals surface area contributed by atoms with E-state index in [-0.39, 0.29) is 38.6 Å². The SMILES string of the molecule is Cc1nc(C(F)(F)F)ccc1C(=O)Nc1ccc(Cl)c(C(=O)CBr)c1. The van der Waals surface area contributed by atoms with Gasteiger partial charge in [0, 0.05) is 11.3 Å². The van der Waals surface area contributed by atoms with Gasteiger partial charge in [0.2, 0.25) is 0 Å². The number of alkyl halides is 4. The van der Waals surface area contributed by atoms with Crippen molar-refractivity contribution in [3.63, 3.8) is 0 Å². The van der Waals surface area contributed by atoms with E-state index in [2.05, 4.69) is 26.2 Å². The van der Waals surface area contributed by atoms with Crippen LogP contribution < -0.4 is 5.32 Å². The summed E-state index contributed by atoms with van der Waals surface area (Å²) in [5.41, 5.74) is -0.621. The number of anilines is 1. The van der Waals surface area contributed by atoms with Gasteiger partial charge in [-0.2, -0.15) is 13.2 Å². The minimum absolute atomic E-state index is 0.00341. The number of ketones is 1. The molecule has 4 nitrogen and oxygen atoms in total. The van der Waals surface area contributed by atoms with Crippen LogP contribution in [0.3, 0.4) is 0 Å². The van der Waals surface area contributed by atoms with Crippen molar-refractivity contribution in [2.45, 2.75) is 13.1 Å². The third-order valence-corrected chi connectivity index (χ3v) is 4.11. The van der Waals surface area contributed by atoms with Gasteiger partial charge in [-0.3, -0.25) is 9.59 Å². The number of aryl methyl sites for hydroxylation is 1. The molecular formula is C16H11BrClF3N2O2. The molecule has 0 fully saturated rings. The molecule has 2 rings (SSSR count). The van der Waals surface area contributed by atoms with Crippen molar-refractivity contribution in [1.29, 1.82) is 0 Å². The molecule has 2 aromatic rings. The van der Waals surface area contributed by atoms with Gasteiger partial charge in [-0.25, -0.2) is 4.98 Å². The summed E-state index contributed by atoms with van der Waals surface area (Å²) in [6.45, 7) is 1.31. The molecule has 0 saturated heterocycles. The van der Waals surface area contributed by atoms with Crippen molar-refractivity contribution in [1.82, 2.24) is 4.98 Å². The predicted molar refractivity (Wildman–Crippen MR) is 91.5 cm³/mol. The first-order valence-electron chi connectivity index (χ1n) is 6.88. The molecule has 1 N–H and O–H groups in total. The fourth-order valence-electron chi connectivity index (χ4n) is 2.05. The second kappa shape index (κ2) is 7.53. The van der Waals surface area contributed by atoms with Gasteiger partial charge in [0.25, 0.3) is 5.91 Å². The first-order chi connectivity index (χ1) is 11.6. The molecule has 0 atom stereocenters. The molecular weight excluding hydrogens is 425 g/mol. The minimum Gasteiger partial charge on any atom is -0.322 e. The number of nitrogens with zero attached hydrogens (tertiary/aromatic N) is 1. The van der Waals surface area contributed by atoms with Gasteiger partial charge in [0.15, 0.2) is 5.78 Å². The van der Waals surface area contributed by atoms with Crippen LogP contribution in [0.4, 0.5) is 18.9 Å². The van der Waals surface area contributed by atoms with Crippen LogP contribution in [0.25, 0.3) is 0 Å². The molecule has 0 bridgehead atoms. The highest BCUT2D eigenvalue weighted by Crippen LogP contribution is 2.28. The predicted octanol–water partition coefficient (Wildman–Crippen LogP) is 4.89. The minimum atomic E-state index is -4.58. The highest BCUT2D eigenvalue weighted by Gasteiger charge is 2.33. The molecule has 1 heterocycles. The van der Waals surface area contributed by atoms with Gasteiger partial charge >= 0.3 is 6.18 Å². The Morgan fingerprint density at radius 3 is 2.44 bits per heavy atom. The number of carbonyl (C=O) groups excluding carboxylic acids is 2. The summed E-state index contributed by atoms with van der Waals surface area (Å²) in [5, 5.41) is 2.81. The van der Waals surface area contributed by atoms with E-state index >= 15 is 0 Å². The summed E-state index contributed by atoms with van der Waals surface area (Å²) in [7, 11) is 0. The molecule has 1 aromatic heterocycles. The standard InChI is InChI=1S/C16H11BrClF3N2O2/c1-8-10(3-5-14(22-8)16(19,20)21)15(25)23-9-2-4-12(18)11(6-9)13(24)7-17/h2-6H,7H2,1H3,(H,23,25). The number of halogens is 5. The summed E-state index contributed by atoms with van der Waals surface area (Å²) in [4.78, 5) is 27.5. The Labute approximate surface area is 154 Å². The van der Waals surface area contributed by atoms with E-state index in [1.54, 1.807) is 0 Å². The Morgan fingerprint density at radius 1 is 1.20 bits per heavy atom. The van der Waals surface area contributed by atoms with Gasteiger partial charge in [-0.1, -0.05) is 27.5 Å². The largest absolute Gasteiger partial charge is 0.433 e. The van der Waals surface area contributed by atoms with Crippen LogP contribution in [0.5, 0.6) is 0 Å². The smallest absolute Gasteiger partial charge is 0.322 e. The van der Waals surface area contributed by atoms with Crippen LogP contribution >= 0.6 is 27.5 Å². The van der Waals surface area contributed by atoms with Gasteiger partial charge in [0.1, 0.15) is 5.69 Å². The lowest BCUT2D eigenvalue weighted by atomic mass is 10.1. The van der Waals surface area contributed by atoms with Gasteiger partial charge < -0.3 is 5.32 Å². The van der Waals surface area contributed by atoms with E-state index in [9.17, 15) is 22.8 Å². The molecule has 0 aliphatic heterocycles. The van der Waals surface area contributed by atoms with Crippen molar-refractivity contribution < 1.29 is 22.8 Å². The number of aromatic nitrogens is 1. The van der Waals surface area contributed by atoms with E-state index in [0.29, 0.717) is 0 Å². The van der Waals surface area contributed by atoms with E-state index in [1.807, 2.05) is 0 Å². The molecule has 0 spiro atoms. The molecule has 0 aliphatic carbocycles. The number of Topliss-reactive ketones (excluding diaryl/α,β-unsaturated/α-hetero) is 1. The molecule has 1 aromatic carbocycles. The van der Waals surface area contributed by atoms with Crippen LogP contribution in [-0.2, 0) is 6.18 Å². The number of rotatable bonds is 4. The lowest BCUT2D eigenvalue weighted by Crippen LogP contribution is -2.17. The normalized spacial score (nSPS) is 11.3. The third-order valence-electron chi connectivity index (χ3n) is 3.27. The molecule has 25 heavy (non-hydrogen) atoms. The first kappa shape index (κ1) is 19.4. The molecule has 1 amide bonds. The Balaban J connectivity index is 2.27. The number of hydrogen-bond acceptors (Lipinski definition) is 3. The zero-order valence-electron chi connectivity index (χ0n) is 12.7. The number of hydrogen-bond donors (Lipinski definition) is 1. The highest BCUT2D eigenvalue weighted by molar-refractivity contribution is 9.09. The topological polar surface area (TPSA) is 59.1 Å². The van der Waals surface area contributed by atoms with E-state index in [1.165, 1.54) is 25.1 Å². The first-order valence-corrected chi connectivity index (χ1v) is 8.38. The van der Waals surface area contributed by atoms with Crippen molar-refractivity contribution in [2.24, 2.45) is 0 Å². The van der Waals surface area contributed by atoms with Crippen LogP contribution in [-0.4, -0.2) is 22.0 Å². The van der Waals surface area contributed by atoms with Gasteiger partial charge in [-0.15, -0.1) is 0 Å². The van der Waals surface area contributed by atoms with Crippen molar-refractivity contribution >= 4 is 44.9 Å². The van der Waals surface area contributed by atoms with Gasteiger partial charge in [0.05, 0.1) is 21.6 Å². The maximum Gasteiger partial charge on any atom is 0.433 e. The molecule has 132 valence electrons. The summed E-state index contributed by atoms with van der Waals surface area (Å²) in [5.74, 6) is -0.910. The average molecular weight is 436 g/mol. The molecule has 0 radical (unpaired) electrons. The molecule has 9 heteroatoms. The van der Waals surface area contributed by atoms with Gasteiger partial charge in [-0.05, 0) is 37.3 Å². The Morgan fingerprint density at radius 2 is 1.88 bits per heavy atom. The van der Waals surface area contributed by atoms with Crippen LogP contribution in [0.15, 0.2) is 30.3 Å². The maximum atomic E-state index is 12.6.